The number of hydrogen-bond donors (Lipinski definition) is 0. The lowest BCUT2D eigenvalue weighted by molar-refractivity contribution is 0.669. The number of nitrogens with zero attached hydrogens (tertiary/aromatic N) is 1. The molecule has 4 heteroatoms. The maximum atomic E-state index is 6.74. The van der Waals surface area contributed by atoms with Gasteiger partial charge in [0.25, 0.3) is 0 Å². The number of rotatable bonds is 1. The van der Waals surface area contributed by atoms with Crippen LogP contribution >= 0.6 is 11.3 Å². The predicted octanol–water partition coefficient (Wildman–Crippen LogP) is 11.0. The van der Waals surface area contributed by atoms with Crippen LogP contribution in [0.4, 0.5) is 0 Å². The molecule has 186 valence electrons. The zero-order chi connectivity index (χ0) is 25.9. The van der Waals surface area contributed by atoms with Crippen molar-refractivity contribution in [3.05, 3.63) is 115 Å². The summed E-state index contributed by atoms with van der Waals surface area (Å²) in [7, 11) is 0. The molecule has 0 atom stereocenters. The number of thiophene rings is 1. The van der Waals surface area contributed by atoms with Crippen molar-refractivity contribution >= 4 is 97.2 Å². The Bertz CT molecular complexity index is 2660. The van der Waals surface area contributed by atoms with Gasteiger partial charge in [0.05, 0.1) is 21.1 Å². The lowest BCUT2D eigenvalue weighted by Gasteiger charge is -2.09. The summed E-state index contributed by atoms with van der Waals surface area (Å²) in [5.74, 6) is 0. The summed E-state index contributed by atoms with van der Waals surface area (Å²) in [6.07, 6.45) is 0. The van der Waals surface area contributed by atoms with Crippen molar-refractivity contribution in [1.82, 2.24) is 4.57 Å². The molecule has 4 aromatic heterocycles. The Balaban J connectivity index is 1.49. The van der Waals surface area contributed by atoms with Gasteiger partial charge >= 0.3 is 0 Å². The van der Waals surface area contributed by atoms with Crippen LogP contribution < -0.4 is 0 Å². The highest BCUT2D eigenvalue weighted by atomic mass is 32.1. The Morgan fingerprint density at radius 3 is 2.05 bits per heavy atom. The minimum Gasteiger partial charge on any atom is -0.456 e. The summed E-state index contributed by atoms with van der Waals surface area (Å²) in [5, 5.41) is 9.52. The van der Waals surface area contributed by atoms with Gasteiger partial charge in [-0.2, -0.15) is 0 Å². The molecule has 10 aromatic rings. The van der Waals surface area contributed by atoms with Crippen LogP contribution in [0.3, 0.4) is 0 Å². The van der Waals surface area contributed by atoms with Crippen molar-refractivity contribution in [1.29, 1.82) is 0 Å². The Hall–Kier alpha value is -5.06. The van der Waals surface area contributed by atoms with Crippen molar-refractivity contribution in [2.45, 2.75) is 0 Å². The van der Waals surface area contributed by atoms with Crippen molar-refractivity contribution in [3.63, 3.8) is 0 Å². The second-order valence-corrected chi connectivity index (χ2v) is 11.5. The number of furan rings is 2. The molecular formula is C36H19NO2S. The number of para-hydroxylation sites is 3. The van der Waals surface area contributed by atoms with Crippen LogP contribution in [0.1, 0.15) is 0 Å². The molecular weight excluding hydrogens is 510 g/mol. The van der Waals surface area contributed by atoms with Gasteiger partial charge in [-0.05, 0) is 42.5 Å². The van der Waals surface area contributed by atoms with Gasteiger partial charge in [0, 0.05) is 48.1 Å². The van der Waals surface area contributed by atoms with E-state index in [2.05, 4.69) is 108 Å². The van der Waals surface area contributed by atoms with Crippen LogP contribution in [0.5, 0.6) is 0 Å². The van der Waals surface area contributed by atoms with Crippen LogP contribution in [0.15, 0.2) is 124 Å². The molecule has 40 heavy (non-hydrogen) atoms. The molecule has 0 aliphatic heterocycles. The lowest BCUT2D eigenvalue weighted by atomic mass is 10.0. The van der Waals surface area contributed by atoms with Crippen LogP contribution in [-0.4, -0.2) is 4.57 Å². The van der Waals surface area contributed by atoms with Crippen molar-refractivity contribution in [2.24, 2.45) is 0 Å². The largest absolute Gasteiger partial charge is 0.456 e. The SMILES string of the molecule is c1ccc2c(c1)oc1ccc(-n3c4ccccc4c4c5oc6ccccc6c5c5c6ccccc6sc5c43)cc12. The quantitative estimate of drug-likeness (QED) is 0.212. The number of aromatic nitrogens is 1. The summed E-state index contributed by atoms with van der Waals surface area (Å²) in [6, 6.07) is 40.7. The first-order valence-electron chi connectivity index (χ1n) is 13.4. The summed E-state index contributed by atoms with van der Waals surface area (Å²) >= 11 is 1.87. The molecule has 3 nitrogen and oxygen atoms in total. The molecule has 0 saturated carbocycles. The fourth-order valence-electron chi connectivity index (χ4n) is 6.74. The molecule has 0 unspecified atom stereocenters. The highest BCUT2D eigenvalue weighted by molar-refractivity contribution is 7.27. The normalized spacial score (nSPS) is 12.5. The Morgan fingerprint density at radius 1 is 0.500 bits per heavy atom. The van der Waals surface area contributed by atoms with E-state index in [0.29, 0.717) is 0 Å². The first-order valence-corrected chi connectivity index (χ1v) is 14.3. The molecule has 6 aromatic carbocycles. The molecule has 0 fully saturated rings. The Labute approximate surface area is 231 Å². The van der Waals surface area contributed by atoms with E-state index in [1.165, 1.54) is 36.5 Å². The standard InChI is InChI=1S/C36H19NO2S/c1-5-13-26-22(10-1)33-34(37(26)20-17-18-29-25(19-20)21-9-2-6-14-27(21)38-29)36-32(24-12-4-8-16-30(24)40-36)31-23-11-3-7-15-28(23)39-35(31)33/h1-19H. The van der Waals surface area contributed by atoms with Crippen LogP contribution in [0.25, 0.3) is 91.5 Å². The van der Waals surface area contributed by atoms with E-state index < -0.39 is 0 Å². The highest BCUT2D eigenvalue weighted by Crippen LogP contribution is 2.50. The molecule has 0 amide bonds. The molecule has 10 rings (SSSR count). The van der Waals surface area contributed by atoms with Crippen LogP contribution in [0, 0.1) is 0 Å². The van der Waals surface area contributed by atoms with Crippen molar-refractivity contribution < 1.29 is 8.83 Å². The molecule has 0 aliphatic carbocycles. The van der Waals surface area contributed by atoms with Crippen LogP contribution in [-0.2, 0) is 0 Å². The zero-order valence-electron chi connectivity index (χ0n) is 21.1. The van der Waals surface area contributed by atoms with E-state index in [4.69, 9.17) is 8.83 Å². The number of hydrogen-bond acceptors (Lipinski definition) is 3. The fraction of sp³-hybridized carbons (Fsp3) is 0. The molecule has 0 radical (unpaired) electrons. The first kappa shape index (κ1) is 20.8. The number of fused-ring (bicyclic) bond motifs is 15. The monoisotopic (exact) mass is 529 g/mol. The van der Waals surface area contributed by atoms with Gasteiger partial charge in [0.2, 0.25) is 0 Å². The molecule has 0 bridgehead atoms. The molecule has 0 N–H and O–H groups in total. The lowest BCUT2D eigenvalue weighted by Crippen LogP contribution is -1.93. The van der Waals surface area contributed by atoms with Gasteiger partial charge in [-0.3, -0.25) is 0 Å². The van der Waals surface area contributed by atoms with Gasteiger partial charge in [0.15, 0.2) is 0 Å². The third kappa shape index (κ3) is 2.50. The predicted molar refractivity (Wildman–Crippen MR) is 168 cm³/mol. The number of benzene rings is 6. The smallest absolute Gasteiger partial charge is 0.146 e. The van der Waals surface area contributed by atoms with E-state index in [0.717, 1.165) is 55.1 Å². The van der Waals surface area contributed by atoms with Gasteiger partial charge < -0.3 is 13.4 Å². The highest BCUT2D eigenvalue weighted by Gasteiger charge is 2.25. The Kier molecular flexibility index (Phi) is 3.81. The summed E-state index contributed by atoms with van der Waals surface area (Å²) in [5.41, 5.74) is 7.15. The van der Waals surface area contributed by atoms with E-state index in [1.54, 1.807) is 0 Å². The van der Waals surface area contributed by atoms with Crippen molar-refractivity contribution in [2.75, 3.05) is 0 Å². The zero-order valence-corrected chi connectivity index (χ0v) is 22.0. The maximum absolute atomic E-state index is 6.74. The topological polar surface area (TPSA) is 31.2 Å². The van der Waals surface area contributed by atoms with Gasteiger partial charge in [0.1, 0.15) is 22.3 Å². The van der Waals surface area contributed by atoms with Gasteiger partial charge in [-0.15, -0.1) is 11.3 Å². The average Bonchev–Trinajstić information content (AvgIpc) is 3.75. The average molecular weight is 530 g/mol. The van der Waals surface area contributed by atoms with E-state index in [-0.39, 0.29) is 0 Å². The summed E-state index contributed by atoms with van der Waals surface area (Å²) < 4.78 is 17.9. The Morgan fingerprint density at radius 2 is 1.18 bits per heavy atom. The minimum atomic E-state index is 0.900. The summed E-state index contributed by atoms with van der Waals surface area (Å²) in [6.45, 7) is 0. The van der Waals surface area contributed by atoms with Crippen LogP contribution in [0.2, 0.25) is 0 Å². The van der Waals surface area contributed by atoms with Gasteiger partial charge in [-0.25, -0.2) is 0 Å². The molecule has 0 spiro atoms. The summed E-state index contributed by atoms with van der Waals surface area (Å²) in [4.78, 5) is 0. The molecule has 0 saturated heterocycles. The van der Waals surface area contributed by atoms with Crippen molar-refractivity contribution in [3.8, 4) is 5.69 Å². The second kappa shape index (κ2) is 7.32. The molecule has 0 aliphatic rings. The minimum absolute atomic E-state index is 0.900. The maximum Gasteiger partial charge on any atom is 0.146 e. The second-order valence-electron chi connectivity index (χ2n) is 10.5. The molecule has 4 heterocycles. The third-order valence-corrected chi connectivity index (χ3v) is 9.55. The van der Waals surface area contributed by atoms with E-state index in [9.17, 15) is 0 Å². The third-order valence-electron chi connectivity index (χ3n) is 8.38. The van der Waals surface area contributed by atoms with Gasteiger partial charge in [-0.1, -0.05) is 72.8 Å². The first-order chi connectivity index (χ1) is 19.8. The fourth-order valence-corrected chi connectivity index (χ4v) is 7.99. The van der Waals surface area contributed by atoms with E-state index >= 15 is 0 Å². The van der Waals surface area contributed by atoms with E-state index in [1.807, 2.05) is 23.5 Å².